The van der Waals surface area contributed by atoms with Crippen LogP contribution >= 0.6 is 11.6 Å². The Balaban J connectivity index is 2.35. The van der Waals surface area contributed by atoms with Crippen LogP contribution in [0.2, 0.25) is 5.02 Å². The van der Waals surface area contributed by atoms with E-state index in [1.165, 1.54) is 30.2 Å². The van der Waals surface area contributed by atoms with Crippen LogP contribution in [0.15, 0.2) is 36.4 Å². The van der Waals surface area contributed by atoms with Crippen molar-refractivity contribution in [3.05, 3.63) is 62.7 Å². The number of anilines is 1. The van der Waals surface area contributed by atoms with Gasteiger partial charge in [0.15, 0.2) is 0 Å². The summed E-state index contributed by atoms with van der Waals surface area (Å²) >= 11 is 5.97. The molecule has 0 unspecified atom stereocenters. The summed E-state index contributed by atoms with van der Waals surface area (Å²) in [5.41, 5.74) is 0.479. The number of nitrogens with zero attached hydrogens (tertiary/aromatic N) is 2. The number of halogens is 1. The molecule has 1 N–H and O–H groups in total. The van der Waals surface area contributed by atoms with Crippen molar-refractivity contribution in [3.8, 4) is 5.75 Å². The molecule has 0 fully saturated rings. The average molecular weight is 378 g/mol. The molecule has 2 aromatic rings. The van der Waals surface area contributed by atoms with Gasteiger partial charge in [-0.2, -0.15) is 0 Å². The third-order valence-electron chi connectivity index (χ3n) is 3.51. The van der Waals surface area contributed by atoms with Gasteiger partial charge in [0.1, 0.15) is 5.75 Å². The number of carbonyl (C=O) groups excluding carboxylic acids is 2. The van der Waals surface area contributed by atoms with Crippen molar-refractivity contribution < 1.29 is 19.2 Å². The minimum atomic E-state index is -0.604. The number of nitro benzene ring substituents is 1. The summed E-state index contributed by atoms with van der Waals surface area (Å²) in [7, 11) is 4.65. The third kappa shape index (κ3) is 4.09. The quantitative estimate of drug-likeness (QED) is 0.636. The predicted octanol–water partition coefficient (Wildman–Crippen LogP) is 3.21. The fraction of sp³-hybridized carbons (Fsp3) is 0.176. The average Bonchev–Trinajstić information content (AvgIpc) is 2.60. The molecule has 0 atom stereocenters. The SMILES string of the molecule is COc1ccc(C(=O)N(C)C)cc1NC(=O)c1ccc([N+](=O)[O-])cc1Cl. The monoisotopic (exact) mass is 377 g/mol. The highest BCUT2D eigenvalue weighted by molar-refractivity contribution is 6.34. The van der Waals surface area contributed by atoms with Crippen molar-refractivity contribution in [1.82, 2.24) is 4.90 Å². The van der Waals surface area contributed by atoms with Crippen molar-refractivity contribution >= 4 is 34.8 Å². The van der Waals surface area contributed by atoms with Crippen molar-refractivity contribution in [2.75, 3.05) is 26.5 Å². The summed E-state index contributed by atoms with van der Waals surface area (Å²) in [5, 5.41) is 13.3. The Labute approximate surface area is 154 Å². The van der Waals surface area contributed by atoms with E-state index in [1.54, 1.807) is 26.2 Å². The van der Waals surface area contributed by atoms with Gasteiger partial charge < -0.3 is 15.0 Å². The standard InChI is InChI=1S/C17H16ClN3O5/c1-20(2)17(23)10-4-7-15(26-3)14(8-10)19-16(22)12-6-5-11(21(24)25)9-13(12)18/h4-9H,1-3H3,(H,19,22). The number of rotatable bonds is 5. The zero-order chi connectivity index (χ0) is 19.4. The summed E-state index contributed by atoms with van der Waals surface area (Å²) in [6.07, 6.45) is 0. The second-order valence-corrected chi connectivity index (χ2v) is 5.90. The second kappa shape index (κ2) is 7.83. The van der Waals surface area contributed by atoms with Crippen molar-refractivity contribution in [2.24, 2.45) is 0 Å². The highest BCUT2D eigenvalue weighted by atomic mass is 35.5. The fourth-order valence-corrected chi connectivity index (χ4v) is 2.45. The molecule has 0 aromatic heterocycles. The summed E-state index contributed by atoms with van der Waals surface area (Å²) in [5.74, 6) is -0.471. The van der Waals surface area contributed by atoms with Crippen molar-refractivity contribution in [1.29, 1.82) is 0 Å². The summed E-state index contributed by atoms with van der Waals surface area (Å²) < 4.78 is 5.20. The summed E-state index contributed by atoms with van der Waals surface area (Å²) in [6.45, 7) is 0. The molecule has 0 bridgehead atoms. The van der Waals surface area contributed by atoms with Gasteiger partial charge in [-0.25, -0.2) is 0 Å². The Morgan fingerprint density at radius 2 is 1.88 bits per heavy atom. The molecule has 0 aliphatic rings. The van der Waals surface area contributed by atoms with Crippen LogP contribution in [0.4, 0.5) is 11.4 Å². The van der Waals surface area contributed by atoms with Crippen LogP contribution in [0, 0.1) is 10.1 Å². The topological polar surface area (TPSA) is 102 Å². The number of hydrogen-bond acceptors (Lipinski definition) is 5. The first-order valence-corrected chi connectivity index (χ1v) is 7.77. The Bertz CT molecular complexity index is 883. The first-order valence-electron chi connectivity index (χ1n) is 7.39. The third-order valence-corrected chi connectivity index (χ3v) is 3.82. The second-order valence-electron chi connectivity index (χ2n) is 5.49. The molecule has 0 saturated heterocycles. The van der Waals surface area contributed by atoms with E-state index in [-0.39, 0.29) is 27.9 Å². The number of ether oxygens (including phenoxy) is 1. The lowest BCUT2D eigenvalue weighted by atomic mass is 10.1. The maximum atomic E-state index is 12.5. The molecule has 0 heterocycles. The van der Waals surface area contributed by atoms with E-state index in [4.69, 9.17) is 16.3 Å². The van der Waals surface area contributed by atoms with E-state index in [0.717, 1.165) is 6.07 Å². The summed E-state index contributed by atoms with van der Waals surface area (Å²) in [6, 6.07) is 8.17. The van der Waals surface area contributed by atoms with E-state index < -0.39 is 10.8 Å². The number of carbonyl (C=O) groups is 2. The normalized spacial score (nSPS) is 10.2. The van der Waals surface area contributed by atoms with E-state index in [0.29, 0.717) is 11.3 Å². The van der Waals surface area contributed by atoms with Crippen molar-refractivity contribution in [3.63, 3.8) is 0 Å². The molecule has 0 aliphatic heterocycles. The lowest BCUT2D eigenvalue weighted by Crippen LogP contribution is -2.22. The molecule has 0 saturated carbocycles. The maximum Gasteiger partial charge on any atom is 0.270 e. The first kappa shape index (κ1) is 19.2. The molecule has 0 aliphatic carbocycles. The Kier molecular flexibility index (Phi) is 5.78. The Morgan fingerprint density at radius 1 is 1.19 bits per heavy atom. The highest BCUT2D eigenvalue weighted by Crippen LogP contribution is 2.28. The first-order chi connectivity index (χ1) is 12.2. The van der Waals surface area contributed by atoms with E-state index in [2.05, 4.69) is 5.32 Å². The molecule has 2 amide bonds. The zero-order valence-electron chi connectivity index (χ0n) is 14.3. The smallest absolute Gasteiger partial charge is 0.270 e. The van der Waals surface area contributed by atoms with E-state index >= 15 is 0 Å². The van der Waals surface area contributed by atoms with Crippen molar-refractivity contribution in [2.45, 2.75) is 0 Å². The minimum absolute atomic E-state index is 0.0589. The van der Waals surface area contributed by atoms with Gasteiger partial charge in [0.2, 0.25) is 0 Å². The Hall–Kier alpha value is -3.13. The fourth-order valence-electron chi connectivity index (χ4n) is 2.19. The molecule has 2 aromatic carbocycles. The van der Waals surface area contributed by atoms with Crippen LogP contribution in [0.1, 0.15) is 20.7 Å². The predicted molar refractivity (Wildman–Crippen MR) is 97.1 cm³/mol. The van der Waals surface area contributed by atoms with Gasteiger partial charge in [0, 0.05) is 31.8 Å². The number of nitro groups is 1. The van der Waals surface area contributed by atoms with Crippen LogP contribution in [-0.4, -0.2) is 42.8 Å². The molecular weight excluding hydrogens is 362 g/mol. The van der Waals surface area contributed by atoms with Gasteiger partial charge in [-0.05, 0) is 24.3 Å². The zero-order valence-corrected chi connectivity index (χ0v) is 15.0. The van der Waals surface area contributed by atoms with Gasteiger partial charge in [-0.3, -0.25) is 19.7 Å². The number of non-ortho nitro benzene ring substituents is 1. The molecular formula is C17H16ClN3O5. The lowest BCUT2D eigenvalue weighted by Gasteiger charge is -2.14. The van der Waals surface area contributed by atoms with Crippen LogP contribution in [0.5, 0.6) is 5.75 Å². The number of hydrogen-bond donors (Lipinski definition) is 1. The van der Waals surface area contributed by atoms with Gasteiger partial charge in [-0.1, -0.05) is 11.6 Å². The molecule has 0 spiro atoms. The van der Waals surface area contributed by atoms with Gasteiger partial charge in [0.05, 0.1) is 28.3 Å². The lowest BCUT2D eigenvalue weighted by molar-refractivity contribution is -0.384. The van der Waals surface area contributed by atoms with Gasteiger partial charge >= 0.3 is 0 Å². The largest absolute Gasteiger partial charge is 0.495 e. The van der Waals surface area contributed by atoms with Gasteiger partial charge in [-0.15, -0.1) is 0 Å². The number of methoxy groups -OCH3 is 1. The number of nitrogens with one attached hydrogen (secondary N) is 1. The van der Waals surface area contributed by atoms with Crippen LogP contribution in [0.25, 0.3) is 0 Å². The maximum absolute atomic E-state index is 12.5. The minimum Gasteiger partial charge on any atom is -0.495 e. The number of benzene rings is 2. The molecule has 26 heavy (non-hydrogen) atoms. The highest BCUT2D eigenvalue weighted by Gasteiger charge is 2.18. The molecule has 0 radical (unpaired) electrons. The molecule has 9 heteroatoms. The van der Waals surface area contributed by atoms with E-state index in [9.17, 15) is 19.7 Å². The van der Waals surface area contributed by atoms with Crippen LogP contribution in [0.3, 0.4) is 0 Å². The molecule has 136 valence electrons. The summed E-state index contributed by atoms with van der Waals surface area (Å²) in [4.78, 5) is 36.1. The van der Waals surface area contributed by atoms with Gasteiger partial charge in [0.25, 0.3) is 17.5 Å². The van der Waals surface area contributed by atoms with E-state index in [1.807, 2.05) is 0 Å². The number of amides is 2. The molecule has 8 nitrogen and oxygen atoms in total. The Morgan fingerprint density at radius 3 is 2.42 bits per heavy atom. The molecule has 2 rings (SSSR count). The van der Waals surface area contributed by atoms with Crippen LogP contribution < -0.4 is 10.1 Å². The van der Waals surface area contributed by atoms with Crippen LogP contribution in [-0.2, 0) is 0 Å².